The highest BCUT2D eigenvalue weighted by molar-refractivity contribution is 6.33. The highest BCUT2D eigenvalue weighted by Crippen LogP contribution is 2.30. The minimum atomic E-state index is 0.382. The zero-order valence-corrected chi connectivity index (χ0v) is 18.6. The van der Waals surface area contributed by atoms with Crippen molar-refractivity contribution in [2.75, 3.05) is 37.4 Å². The number of nitrogens with two attached hydrogens (primary N) is 1. The Morgan fingerprint density at radius 3 is 2.70 bits per heavy atom. The molecule has 8 heteroatoms. The molecule has 1 atom stereocenters. The van der Waals surface area contributed by atoms with Gasteiger partial charge in [0.2, 0.25) is 0 Å². The zero-order chi connectivity index (χ0) is 21.3. The van der Waals surface area contributed by atoms with Gasteiger partial charge in [-0.05, 0) is 50.8 Å². The van der Waals surface area contributed by atoms with Gasteiger partial charge in [0, 0.05) is 50.1 Å². The number of pyridine rings is 2. The molecule has 164 valence electrons. The van der Waals surface area contributed by atoms with Gasteiger partial charge in [-0.3, -0.25) is 0 Å². The lowest BCUT2D eigenvalue weighted by Crippen LogP contribution is -2.42. The molecule has 2 heterocycles. The normalized spacial score (nSPS) is 20.0. The number of nitrogens with zero attached hydrogens (tertiary/aromatic N) is 2. The predicted molar refractivity (Wildman–Crippen MR) is 124 cm³/mol. The SMILES string of the molecule is COC[C@@H](C)N[C@H]1CC[C@H](Nc2cc(-c3cccc(NCCN)n3)c(Cl)cn2)CC1. The van der Waals surface area contributed by atoms with E-state index in [4.69, 9.17) is 22.1 Å². The number of ether oxygens (including phenoxy) is 1. The maximum atomic E-state index is 6.43. The van der Waals surface area contributed by atoms with Gasteiger partial charge >= 0.3 is 0 Å². The summed E-state index contributed by atoms with van der Waals surface area (Å²) in [6.07, 6.45) is 6.19. The van der Waals surface area contributed by atoms with Crippen LogP contribution in [0, 0.1) is 0 Å². The highest BCUT2D eigenvalue weighted by atomic mass is 35.5. The van der Waals surface area contributed by atoms with E-state index in [2.05, 4.69) is 32.8 Å². The fourth-order valence-electron chi connectivity index (χ4n) is 3.91. The van der Waals surface area contributed by atoms with Crippen LogP contribution in [0.25, 0.3) is 11.3 Å². The number of hydrogen-bond donors (Lipinski definition) is 4. The first-order valence-corrected chi connectivity index (χ1v) is 11.0. The van der Waals surface area contributed by atoms with Crippen molar-refractivity contribution < 1.29 is 4.74 Å². The summed E-state index contributed by atoms with van der Waals surface area (Å²) >= 11 is 6.43. The van der Waals surface area contributed by atoms with Gasteiger partial charge < -0.3 is 26.4 Å². The van der Waals surface area contributed by atoms with E-state index < -0.39 is 0 Å². The van der Waals surface area contributed by atoms with Gasteiger partial charge in [0.15, 0.2) is 0 Å². The quantitative estimate of drug-likeness (QED) is 0.456. The van der Waals surface area contributed by atoms with Gasteiger partial charge in [0.05, 0.1) is 17.3 Å². The summed E-state index contributed by atoms with van der Waals surface area (Å²) < 4.78 is 5.22. The van der Waals surface area contributed by atoms with Crippen molar-refractivity contribution in [2.24, 2.45) is 5.73 Å². The second-order valence-electron chi connectivity index (χ2n) is 7.89. The molecule has 1 saturated carbocycles. The predicted octanol–water partition coefficient (Wildman–Crippen LogP) is 3.52. The number of rotatable bonds is 10. The second-order valence-corrected chi connectivity index (χ2v) is 8.30. The summed E-state index contributed by atoms with van der Waals surface area (Å²) in [6.45, 7) is 4.14. The van der Waals surface area contributed by atoms with E-state index in [9.17, 15) is 0 Å². The molecule has 0 aliphatic heterocycles. The molecule has 1 aliphatic carbocycles. The molecule has 0 saturated heterocycles. The van der Waals surface area contributed by atoms with Crippen molar-refractivity contribution in [3.05, 3.63) is 35.5 Å². The van der Waals surface area contributed by atoms with Crippen LogP contribution in [-0.4, -0.2) is 54.9 Å². The van der Waals surface area contributed by atoms with Crippen LogP contribution < -0.4 is 21.7 Å². The van der Waals surface area contributed by atoms with Gasteiger partial charge in [-0.15, -0.1) is 0 Å². The fourth-order valence-corrected chi connectivity index (χ4v) is 4.11. The maximum absolute atomic E-state index is 6.43. The van der Waals surface area contributed by atoms with E-state index >= 15 is 0 Å². The van der Waals surface area contributed by atoms with Crippen LogP contribution in [0.3, 0.4) is 0 Å². The Labute approximate surface area is 184 Å². The molecule has 7 nitrogen and oxygen atoms in total. The minimum absolute atomic E-state index is 0.382. The van der Waals surface area contributed by atoms with E-state index in [0.717, 1.165) is 55.2 Å². The molecular formula is C22H33ClN6O. The lowest BCUT2D eigenvalue weighted by molar-refractivity contribution is 0.161. The van der Waals surface area contributed by atoms with Gasteiger partial charge in [-0.2, -0.15) is 0 Å². The Morgan fingerprint density at radius 2 is 1.97 bits per heavy atom. The molecule has 0 unspecified atom stereocenters. The molecular weight excluding hydrogens is 400 g/mol. The summed E-state index contributed by atoms with van der Waals surface area (Å²) in [6, 6.07) is 9.17. The monoisotopic (exact) mass is 432 g/mol. The van der Waals surface area contributed by atoms with Crippen LogP contribution in [0.4, 0.5) is 11.6 Å². The average molecular weight is 433 g/mol. The third-order valence-corrected chi connectivity index (χ3v) is 5.65. The molecule has 0 spiro atoms. The van der Waals surface area contributed by atoms with Crippen LogP contribution in [0.1, 0.15) is 32.6 Å². The van der Waals surface area contributed by atoms with Gasteiger partial charge in [-0.1, -0.05) is 17.7 Å². The third kappa shape index (κ3) is 6.54. The standard InChI is InChI=1S/C22H33ClN6O/c1-15(14-30-2)27-16-6-8-17(9-7-16)28-22-12-18(19(23)13-26-22)20-4-3-5-21(29-20)25-11-10-24/h3-5,12-13,15-17,27H,6-11,14,24H2,1-2H3,(H,25,29)(H,26,28)/t15-,16-,17-/m1/s1. The summed E-state index contributed by atoms with van der Waals surface area (Å²) in [4.78, 5) is 9.14. The second kappa shape index (κ2) is 11.5. The molecule has 0 amide bonds. The van der Waals surface area contributed by atoms with Crippen molar-refractivity contribution >= 4 is 23.2 Å². The van der Waals surface area contributed by atoms with E-state index in [1.165, 1.54) is 0 Å². The molecule has 1 aliphatic rings. The molecule has 1 fully saturated rings. The Kier molecular flexibility index (Phi) is 8.69. The number of nitrogens with one attached hydrogen (secondary N) is 3. The minimum Gasteiger partial charge on any atom is -0.383 e. The van der Waals surface area contributed by atoms with Crippen LogP contribution in [0.5, 0.6) is 0 Å². The Hall–Kier alpha value is -1.93. The lowest BCUT2D eigenvalue weighted by Gasteiger charge is -2.31. The fraction of sp³-hybridized carbons (Fsp3) is 0.545. The first-order valence-electron chi connectivity index (χ1n) is 10.7. The first kappa shape index (κ1) is 22.7. The number of hydrogen-bond acceptors (Lipinski definition) is 7. The molecule has 2 aromatic heterocycles. The summed E-state index contributed by atoms with van der Waals surface area (Å²) in [5.41, 5.74) is 7.25. The molecule has 5 N–H and O–H groups in total. The molecule has 30 heavy (non-hydrogen) atoms. The summed E-state index contributed by atoms with van der Waals surface area (Å²) in [5.74, 6) is 1.62. The maximum Gasteiger partial charge on any atom is 0.126 e. The largest absolute Gasteiger partial charge is 0.383 e. The lowest BCUT2D eigenvalue weighted by atomic mass is 9.90. The Morgan fingerprint density at radius 1 is 1.20 bits per heavy atom. The molecule has 0 bridgehead atoms. The summed E-state index contributed by atoms with van der Waals surface area (Å²) in [7, 11) is 1.74. The van der Waals surface area contributed by atoms with E-state index in [0.29, 0.717) is 36.2 Å². The van der Waals surface area contributed by atoms with E-state index in [-0.39, 0.29) is 0 Å². The van der Waals surface area contributed by atoms with Crippen LogP contribution in [0.2, 0.25) is 5.02 Å². The van der Waals surface area contributed by atoms with Crippen molar-refractivity contribution in [2.45, 2.75) is 50.7 Å². The topological polar surface area (TPSA) is 97.1 Å². The molecule has 0 radical (unpaired) electrons. The molecule has 0 aromatic carbocycles. The van der Waals surface area contributed by atoms with Crippen LogP contribution >= 0.6 is 11.6 Å². The van der Waals surface area contributed by atoms with Crippen LogP contribution in [0.15, 0.2) is 30.5 Å². The van der Waals surface area contributed by atoms with Crippen LogP contribution in [-0.2, 0) is 4.74 Å². The van der Waals surface area contributed by atoms with Gasteiger partial charge in [0.25, 0.3) is 0 Å². The number of methoxy groups -OCH3 is 1. The number of aromatic nitrogens is 2. The average Bonchev–Trinajstić information content (AvgIpc) is 2.75. The van der Waals surface area contributed by atoms with Crippen molar-refractivity contribution in [1.82, 2.24) is 15.3 Å². The van der Waals surface area contributed by atoms with Crippen molar-refractivity contribution in [1.29, 1.82) is 0 Å². The zero-order valence-electron chi connectivity index (χ0n) is 17.8. The van der Waals surface area contributed by atoms with Gasteiger partial charge in [-0.25, -0.2) is 9.97 Å². The van der Waals surface area contributed by atoms with E-state index in [1.54, 1.807) is 13.3 Å². The smallest absolute Gasteiger partial charge is 0.126 e. The van der Waals surface area contributed by atoms with Gasteiger partial charge in [0.1, 0.15) is 11.6 Å². The highest BCUT2D eigenvalue weighted by Gasteiger charge is 2.22. The summed E-state index contributed by atoms with van der Waals surface area (Å²) in [5, 5.41) is 11.0. The first-order chi connectivity index (χ1) is 14.6. The third-order valence-electron chi connectivity index (χ3n) is 5.35. The molecule has 3 rings (SSSR count). The number of halogens is 1. The Bertz CT molecular complexity index is 797. The van der Waals surface area contributed by atoms with Crippen molar-refractivity contribution in [3.8, 4) is 11.3 Å². The van der Waals surface area contributed by atoms with E-state index in [1.807, 2.05) is 24.3 Å². The molecule has 2 aromatic rings. The number of anilines is 2. The van der Waals surface area contributed by atoms with Crippen molar-refractivity contribution in [3.63, 3.8) is 0 Å². The Balaban J connectivity index is 1.61.